The van der Waals surface area contributed by atoms with Gasteiger partial charge in [0.2, 0.25) is 10.0 Å². The van der Waals surface area contributed by atoms with Crippen LogP contribution in [0.25, 0.3) is 11.1 Å². The van der Waals surface area contributed by atoms with E-state index < -0.39 is 16.0 Å². The van der Waals surface area contributed by atoms with Crippen LogP contribution in [0.3, 0.4) is 0 Å². The van der Waals surface area contributed by atoms with Crippen LogP contribution in [0.1, 0.15) is 17.3 Å². The first-order valence-electron chi connectivity index (χ1n) is 11.1. The lowest BCUT2D eigenvalue weighted by Crippen LogP contribution is -2.40. The van der Waals surface area contributed by atoms with Crippen LogP contribution < -0.4 is 10.6 Å². The highest BCUT2D eigenvalue weighted by atomic mass is 32.2. The Hall–Kier alpha value is -2.90. The highest BCUT2D eigenvalue weighted by Crippen LogP contribution is 2.36. The van der Waals surface area contributed by atoms with E-state index in [-0.39, 0.29) is 22.4 Å². The number of rotatable bonds is 7. The van der Waals surface area contributed by atoms with Gasteiger partial charge >= 0.3 is 5.97 Å². The first-order chi connectivity index (χ1) is 17.3. The third-order valence-corrected chi connectivity index (χ3v) is 8.39. The van der Waals surface area contributed by atoms with E-state index in [1.807, 2.05) is 0 Å². The van der Waals surface area contributed by atoms with E-state index in [1.165, 1.54) is 39.9 Å². The van der Waals surface area contributed by atoms with Gasteiger partial charge in [0.15, 0.2) is 5.11 Å². The number of anilines is 2. The molecular formula is C24H24FN3O5S3. The summed E-state index contributed by atoms with van der Waals surface area (Å²) >= 11 is 6.68. The van der Waals surface area contributed by atoms with Crippen molar-refractivity contribution in [1.82, 2.24) is 4.31 Å². The molecule has 0 spiro atoms. The summed E-state index contributed by atoms with van der Waals surface area (Å²) in [6, 6.07) is 12.1. The van der Waals surface area contributed by atoms with Crippen LogP contribution in [-0.4, -0.2) is 56.7 Å². The Labute approximate surface area is 218 Å². The van der Waals surface area contributed by atoms with Gasteiger partial charge in [0.25, 0.3) is 0 Å². The number of hydrogen-bond donors (Lipinski definition) is 2. The lowest BCUT2D eigenvalue weighted by Gasteiger charge is -2.26. The summed E-state index contributed by atoms with van der Waals surface area (Å²) in [5.74, 6) is -0.903. The summed E-state index contributed by atoms with van der Waals surface area (Å²) in [5, 5.41) is 8.47. The lowest BCUT2D eigenvalue weighted by molar-refractivity contribution is 0.0529. The highest BCUT2D eigenvalue weighted by Gasteiger charge is 2.26. The number of thiophene rings is 1. The molecule has 12 heteroatoms. The van der Waals surface area contributed by atoms with Crippen LogP contribution in [0, 0.1) is 5.82 Å². The van der Waals surface area contributed by atoms with Crippen molar-refractivity contribution in [2.75, 3.05) is 43.5 Å². The van der Waals surface area contributed by atoms with Crippen molar-refractivity contribution >= 4 is 55.3 Å². The Morgan fingerprint density at radius 3 is 2.42 bits per heavy atom. The number of morpholine rings is 1. The van der Waals surface area contributed by atoms with Crippen LogP contribution in [0.4, 0.5) is 15.1 Å². The Bertz CT molecular complexity index is 1340. The molecule has 1 aromatic heterocycles. The first kappa shape index (κ1) is 26.2. The number of esters is 1. The maximum absolute atomic E-state index is 13.4. The van der Waals surface area contributed by atoms with Gasteiger partial charge in [0, 0.05) is 29.7 Å². The Morgan fingerprint density at radius 2 is 1.78 bits per heavy atom. The minimum absolute atomic E-state index is 0.181. The van der Waals surface area contributed by atoms with E-state index in [4.69, 9.17) is 21.7 Å². The van der Waals surface area contributed by atoms with Crippen LogP contribution in [0.15, 0.2) is 58.8 Å². The molecule has 2 heterocycles. The van der Waals surface area contributed by atoms with Gasteiger partial charge in [-0.2, -0.15) is 4.31 Å². The number of carbonyl (C=O) groups is 1. The van der Waals surface area contributed by atoms with Crippen molar-refractivity contribution < 1.29 is 27.1 Å². The maximum atomic E-state index is 13.4. The summed E-state index contributed by atoms with van der Waals surface area (Å²) in [5.41, 5.74) is 2.13. The van der Waals surface area contributed by atoms with E-state index in [2.05, 4.69) is 10.6 Å². The fourth-order valence-electron chi connectivity index (χ4n) is 3.61. The monoisotopic (exact) mass is 549 g/mol. The molecule has 2 N–H and O–H groups in total. The van der Waals surface area contributed by atoms with Crippen molar-refractivity contribution in [3.05, 3.63) is 65.3 Å². The third-order valence-electron chi connectivity index (χ3n) is 5.37. The van der Waals surface area contributed by atoms with E-state index >= 15 is 0 Å². The number of halogens is 1. The van der Waals surface area contributed by atoms with Crippen LogP contribution in [-0.2, 0) is 19.5 Å². The van der Waals surface area contributed by atoms with Gasteiger partial charge in [0.1, 0.15) is 16.4 Å². The zero-order valence-corrected chi connectivity index (χ0v) is 21.8. The zero-order chi connectivity index (χ0) is 25.7. The van der Waals surface area contributed by atoms with E-state index in [1.54, 1.807) is 36.6 Å². The summed E-state index contributed by atoms with van der Waals surface area (Å²) in [6.45, 7) is 3.29. The minimum Gasteiger partial charge on any atom is -0.462 e. The van der Waals surface area contributed by atoms with Crippen molar-refractivity contribution in [2.24, 2.45) is 0 Å². The summed E-state index contributed by atoms with van der Waals surface area (Å²) < 4.78 is 50.8. The van der Waals surface area contributed by atoms with Gasteiger partial charge < -0.3 is 20.1 Å². The van der Waals surface area contributed by atoms with E-state index in [0.29, 0.717) is 53.7 Å². The molecule has 0 radical (unpaired) electrons. The molecule has 0 unspecified atom stereocenters. The molecule has 1 aliphatic heterocycles. The second-order valence-electron chi connectivity index (χ2n) is 7.70. The topological polar surface area (TPSA) is 97.0 Å². The van der Waals surface area contributed by atoms with Gasteiger partial charge in [0.05, 0.1) is 24.7 Å². The molecule has 190 valence electrons. The average molecular weight is 550 g/mol. The molecule has 1 fully saturated rings. The van der Waals surface area contributed by atoms with Crippen molar-refractivity contribution in [3.63, 3.8) is 0 Å². The molecule has 1 saturated heterocycles. The molecule has 36 heavy (non-hydrogen) atoms. The van der Waals surface area contributed by atoms with Gasteiger partial charge in [-0.15, -0.1) is 11.3 Å². The van der Waals surface area contributed by atoms with Crippen LogP contribution in [0.5, 0.6) is 0 Å². The Balaban J connectivity index is 1.49. The van der Waals surface area contributed by atoms with Crippen molar-refractivity contribution in [3.8, 4) is 11.1 Å². The van der Waals surface area contributed by atoms with E-state index in [9.17, 15) is 17.6 Å². The fourth-order valence-corrected chi connectivity index (χ4v) is 6.26. The summed E-state index contributed by atoms with van der Waals surface area (Å²) in [7, 11) is -3.60. The molecule has 3 aromatic rings. The smallest absolute Gasteiger partial charge is 0.341 e. The molecule has 0 atom stereocenters. The molecule has 4 rings (SSSR count). The summed E-state index contributed by atoms with van der Waals surface area (Å²) in [6.07, 6.45) is 0. The maximum Gasteiger partial charge on any atom is 0.341 e. The predicted molar refractivity (Wildman–Crippen MR) is 142 cm³/mol. The predicted octanol–water partition coefficient (Wildman–Crippen LogP) is 4.56. The quantitative estimate of drug-likeness (QED) is 0.327. The molecular weight excluding hydrogens is 525 g/mol. The minimum atomic E-state index is -3.60. The second-order valence-corrected chi connectivity index (χ2v) is 10.9. The fraction of sp³-hybridized carbons (Fsp3) is 0.250. The average Bonchev–Trinajstić information content (AvgIpc) is 3.29. The molecule has 0 aliphatic carbocycles. The first-order valence-corrected chi connectivity index (χ1v) is 13.8. The van der Waals surface area contributed by atoms with Crippen LogP contribution >= 0.6 is 23.6 Å². The number of ether oxygens (including phenoxy) is 2. The van der Waals surface area contributed by atoms with Gasteiger partial charge in [-0.25, -0.2) is 17.6 Å². The van der Waals surface area contributed by atoms with Gasteiger partial charge in [-0.1, -0.05) is 12.1 Å². The molecule has 8 nitrogen and oxygen atoms in total. The lowest BCUT2D eigenvalue weighted by atomic mass is 10.0. The number of carbonyl (C=O) groups excluding carboxylic acids is 1. The number of sulfonamides is 1. The number of hydrogen-bond acceptors (Lipinski definition) is 7. The van der Waals surface area contributed by atoms with Crippen LogP contribution in [0.2, 0.25) is 0 Å². The van der Waals surface area contributed by atoms with Gasteiger partial charge in [-0.05, 0) is 61.1 Å². The Morgan fingerprint density at radius 1 is 1.11 bits per heavy atom. The number of benzene rings is 2. The van der Waals surface area contributed by atoms with E-state index in [0.717, 1.165) is 0 Å². The number of nitrogens with zero attached hydrogens (tertiary/aromatic N) is 1. The second kappa shape index (κ2) is 11.4. The third kappa shape index (κ3) is 5.90. The Kier molecular flexibility index (Phi) is 8.32. The molecule has 2 aromatic carbocycles. The highest BCUT2D eigenvalue weighted by molar-refractivity contribution is 7.89. The van der Waals surface area contributed by atoms with Crippen molar-refractivity contribution in [2.45, 2.75) is 11.8 Å². The molecule has 1 aliphatic rings. The zero-order valence-electron chi connectivity index (χ0n) is 19.3. The normalized spacial score (nSPS) is 14.3. The largest absolute Gasteiger partial charge is 0.462 e. The standard InChI is InChI=1S/C24H24FN3O5S3/c1-2-33-23(29)21-20(16-3-5-17(25)6-4-16)15-35-22(21)27-24(34)26-18-7-9-19(10-8-18)36(30,31)28-11-13-32-14-12-28/h3-10,15H,2,11-14H2,1H3,(H2,26,27,34). The van der Waals surface area contributed by atoms with Gasteiger partial charge in [-0.3, -0.25) is 0 Å². The van der Waals surface area contributed by atoms with Crippen molar-refractivity contribution in [1.29, 1.82) is 0 Å². The summed E-state index contributed by atoms with van der Waals surface area (Å²) in [4.78, 5) is 12.9. The number of thiocarbonyl (C=S) groups is 1. The SMILES string of the molecule is CCOC(=O)c1c(-c2ccc(F)cc2)csc1NC(=S)Nc1ccc(S(=O)(=O)N2CCOCC2)cc1. The molecule has 0 amide bonds. The molecule has 0 saturated carbocycles. The number of nitrogens with one attached hydrogen (secondary N) is 2. The molecule has 0 bridgehead atoms.